The van der Waals surface area contributed by atoms with Crippen molar-refractivity contribution in [1.29, 1.82) is 5.26 Å². The van der Waals surface area contributed by atoms with E-state index < -0.39 is 0 Å². The number of benzene rings is 1. The number of hydrogen-bond donors (Lipinski definition) is 2. The zero-order chi connectivity index (χ0) is 14.1. The van der Waals surface area contributed by atoms with E-state index in [9.17, 15) is 0 Å². The Labute approximate surface area is 125 Å². The smallest absolute Gasteiger partial charge is 0.136 e. The van der Waals surface area contributed by atoms with Crippen LogP contribution in [0.2, 0.25) is 0 Å². The monoisotopic (exact) mass is 329 g/mol. The average Bonchev–Trinajstić information content (AvgIpc) is 3.22. The van der Waals surface area contributed by atoms with Crippen molar-refractivity contribution < 1.29 is 0 Å². The fourth-order valence-electron chi connectivity index (χ4n) is 1.93. The van der Waals surface area contributed by atoms with Crippen LogP contribution in [0.4, 0.5) is 17.3 Å². The first kappa shape index (κ1) is 12.9. The lowest BCUT2D eigenvalue weighted by molar-refractivity contribution is 0.936. The van der Waals surface area contributed by atoms with Crippen molar-refractivity contribution in [3.8, 4) is 6.07 Å². The molecular weight excluding hydrogens is 318 g/mol. The van der Waals surface area contributed by atoms with Crippen molar-refractivity contribution in [2.45, 2.75) is 18.8 Å². The fourth-order valence-corrected chi connectivity index (χ4v) is 2.29. The maximum Gasteiger partial charge on any atom is 0.136 e. The highest BCUT2D eigenvalue weighted by Gasteiger charge is 2.27. The highest BCUT2D eigenvalue weighted by atomic mass is 79.9. The summed E-state index contributed by atoms with van der Waals surface area (Å²) in [5.41, 5.74) is 7.06. The molecule has 0 unspecified atom stereocenters. The molecule has 0 aliphatic heterocycles. The molecule has 1 fully saturated rings. The Morgan fingerprint density at radius 3 is 2.80 bits per heavy atom. The van der Waals surface area contributed by atoms with Gasteiger partial charge in [0.1, 0.15) is 23.5 Å². The Morgan fingerprint density at radius 1 is 1.30 bits per heavy atom. The molecule has 2 aromatic rings. The molecule has 0 saturated heterocycles. The van der Waals surface area contributed by atoms with Crippen LogP contribution in [-0.4, -0.2) is 9.97 Å². The van der Waals surface area contributed by atoms with Gasteiger partial charge in [0.25, 0.3) is 0 Å². The second-order valence-electron chi connectivity index (χ2n) is 4.74. The number of nitrogen functional groups attached to an aromatic ring is 1. The van der Waals surface area contributed by atoms with E-state index in [0.717, 1.165) is 23.1 Å². The van der Waals surface area contributed by atoms with Gasteiger partial charge in [-0.1, -0.05) is 15.9 Å². The Kier molecular flexibility index (Phi) is 3.28. The Bertz CT molecular complexity index is 703. The van der Waals surface area contributed by atoms with E-state index in [-0.39, 0.29) is 0 Å². The molecule has 1 aliphatic carbocycles. The van der Waals surface area contributed by atoms with Gasteiger partial charge < -0.3 is 11.1 Å². The molecule has 0 amide bonds. The molecule has 5 nitrogen and oxygen atoms in total. The van der Waals surface area contributed by atoms with Gasteiger partial charge in [0.05, 0.1) is 11.3 Å². The van der Waals surface area contributed by atoms with Crippen LogP contribution in [0.5, 0.6) is 0 Å². The van der Waals surface area contributed by atoms with Gasteiger partial charge in [0, 0.05) is 16.5 Å². The molecule has 1 saturated carbocycles. The number of nitrogens with zero attached hydrogens (tertiary/aromatic N) is 3. The summed E-state index contributed by atoms with van der Waals surface area (Å²) in [5.74, 6) is 2.27. The van der Waals surface area contributed by atoms with Crippen LogP contribution in [0.1, 0.15) is 30.1 Å². The quantitative estimate of drug-likeness (QED) is 0.901. The van der Waals surface area contributed by atoms with Gasteiger partial charge in [0.15, 0.2) is 0 Å². The summed E-state index contributed by atoms with van der Waals surface area (Å²) in [5, 5.41) is 12.3. The molecule has 6 heteroatoms. The van der Waals surface area contributed by atoms with Gasteiger partial charge in [-0.05, 0) is 31.0 Å². The number of halogens is 1. The highest BCUT2D eigenvalue weighted by molar-refractivity contribution is 9.10. The van der Waals surface area contributed by atoms with E-state index >= 15 is 0 Å². The highest BCUT2D eigenvalue weighted by Crippen LogP contribution is 2.38. The summed E-state index contributed by atoms with van der Waals surface area (Å²) in [7, 11) is 0. The molecule has 3 N–H and O–H groups in total. The molecule has 0 spiro atoms. The number of nitrogens with one attached hydrogen (secondary N) is 1. The van der Waals surface area contributed by atoms with E-state index in [2.05, 4.69) is 37.3 Å². The minimum atomic E-state index is 0.428. The van der Waals surface area contributed by atoms with Gasteiger partial charge in [0.2, 0.25) is 0 Å². The van der Waals surface area contributed by atoms with E-state index in [4.69, 9.17) is 11.0 Å². The third-order valence-electron chi connectivity index (χ3n) is 3.07. The molecular formula is C14H12BrN5. The lowest BCUT2D eigenvalue weighted by Gasteiger charge is -2.10. The SMILES string of the molecule is N#Cc1ccc(Br)cc1Nc1cc(N)nc(C2CC2)n1. The van der Waals surface area contributed by atoms with Gasteiger partial charge in [-0.25, -0.2) is 9.97 Å². The lowest BCUT2D eigenvalue weighted by atomic mass is 10.2. The molecule has 3 rings (SSSR count). The van der Waals surface area contributed by atoms with Crippen LogP contribution >= 0.6 is 15.9 Å². The molecule has 1 aliphatic rings. The van der Waals surface area contributed by atoms with Crippen molar-refractivity contribution in [3.63, 3.8) is 0 Å². The molecule has 0 atom stereocenters. The van der Waals surface area contributed by atoms with Crippen LogP contribution in [0, 0.1) is 11.3 Å². The third-order valence-corrected chi connectivity index (χ3v) is 3.56. The average molecular weight is 330 g/mol. The first-order valence-electron chi connectivity index (χ1n) is 6.27. The van der Waals surface area contributed by atoms with Crippen molar-refractivity contribution in [2.75, 3.05) is 11.1 Å². The molecule has 100 valence electrons. The van der Waals surface area contributed by atoms with Crippen LogP contribution in [0.15, 0.2) is 28.7 Å². The van der Waals surface area contributed by atoms with Crippen LogP contribution in [0.3, 0.4) is 0 Å². The summed E-state index contributed by atoms with van der Waals surface area (Å²) < 4.78 is 0.892. The first-order chi connectivity index (χ1) is 9.65. The van der Waals surface area contributed by atoms with Crippen LogP contribution in [0.25, 0.3) is 0 Å². The second-order valence-corrected chi connectivity index (χ2v) is 5.65. The molecule has 20 heavy (non-hydrogen) atoms. The van der Waals surface area contributed by atoms with Crippen molar-refractivity contribution in [2.24, 2.45) is 0 Å². The second kappa shape index (κ2) is 5.10. The zero-order valence-electron chi connectivity index (χ0n) is 10.6. The number of hydrogen-bond acceptors (Lipinski definition) is 5. The number of aromatic nitrogens is 2. The molecule has 1 heterocycles. The largest absolute Gasteiger partial charge is 0.384 e. The zero-order valence-corrected chi connectivity index (χ0v) is 12.2. The number of rotatable bonds is 3. The minimum absolute atomic E-state index is 0.428. The predicted octanol–water partition coefficient (Wildman–Crippen LogP) is 3.31. The van der Waals surface area contributed by atoms with E-state index in [1.807, 2.05) is 12.1 Å². The van der Waals surface area contributed by atoms with Crippen molar-refractivity contribution in [1.82, 2.24) is 9.97 Å². The predicted molar refractivity (Wildman–Crippen MR) is 80.6 cm³/mol. The van der Waals surface area contributed by atoms with E-state index in [0.29, 0.717) is 28.8 Å². The molecule has 0 radical (unpaired) electrons. The topological polar surface area (TPSA) is 87.6 Å². The molecule has 1 aromatic heterocycles. The summed E-state index contributed by atoms with van der Waals surface area (Å²) in [6.07, 6.45) is 2.23. The van der Waals surface area contributed by atoms with E-state index in [1.165, 1.54) is 0 Å². The first-order valence-corrected chi connectivity index (χ1v) is 7.06. The van der Waals surface area contributed by atoms with Gasteiger partial charge >= 0.3 is 0 Å². The molecule has 0 bridgehead atoms. The van der Waals surface area contributed by atoms with Gasteiger partial charge in [-0.3, -0.25) is 0 Å². The summed E-state index contributed by atoms with van der Waals surface area (Å²) >= 11 is 3.39. The number of anilines is 3. The Hall–Kier alpha value is -2.13. The maximum absolute atomic E-state index is 9.13. The number of nitrogens with two attached hydrogens (primary N) is 1. The summed E-state index contributed by atoms with van der Waals surface area (Å²) in [4.78, 5) is 8.72. The number of nitriles is 1. The van der Waals surface area contributed by atoms with Crippen LogP contribution < -0.4 is 11.1 Å². The van der Waals surface area contributed by atoms with Gasteiger partial charge in [-0.2, -0.15) is 5.26 Å². The maximum atomic E-state index is 9.13. The van der Waals surface area contributed by atoms with Crippen LogP contribution in [-0.2, 0) is 0 Å². The third kappa shape index (κ3) is 2.73. The van der Waals surface area contributed by atoms with E-state index in [1.54, 1.807) is 12.1 Å². The fraction of sp³-hybridized carbons (Fsp3) is 0.214. The standard InChI is InChI=1S/C14H12BrN5/c15-10-4-3-9(7-16)11(5-10)18-13-6-12(17)19-14(20-13)8-1-2-8/h3-6,8H,1-2H2,(H3,17,18,19,20). The molecule has 1 aromatic carbocycles. The normalized spacial score (nSPS) is 13.8. The Morgan fingerprint density at radius 2 is 2.10 bits per heavy atom. The lowest BCUT2D eigenvalue weighted by Crippen LogP contribution is -2.03. The van der Waals surface area contributed by atoms with Crippen molar-refractivity contribution in [3.05, 3.63) is 40.1 Å². The van der Waals surface area contributed by atoms with Crippen molar-refractivity contribution >= 4 is 33.3 Å². The summed E-state index contributed by atoms with van der Waals surface area (Å²) in [6.45, 7) is 0. The minimum Gasteiger partial charge on any atom is -0.384 e. The van der Waals surface area contributed by atoms with Gasteiger partial charge in [-0.15, -0.1) is 0 Å². The summed E-state index contributed by atoms with van der Waals surface area (Å²) in [6, 6.07) is 9.24. The Balaban J connectivity index is 1.95.